The van der Waals surface area contributed by atoms with Crippen molar-refractivity contribution in [1.82, 2.24) is 9.88 Å². The van der Waals surface area contributed by atoms with E-state index in [0.717, 1.165) is 11.1 Å². The van der Waals surface area contributed by atoms with Crippen molar-refractivity contribution in [1.29, 1.82) is 0 Å². The maximum Gasteiger partial charge on any atom is 0.339 e. The molecule has 3 aromatic heterocycles. The summed E-state index contributed by atoms with van der Waals surface area (Å²) in [6, 6.07) is 8.62. The predicted octanol–water partition coefficient (Wildman–Crippen LogP) is 4.96. The van der Waals surface area contributed by atoms with Crippen LogP contribution < -0.4 is 4.74 Å². The van der Waals surface area contributed by atoms with Crippen molar-refractivity contribution in [2.24, 2.45) is 0 Å². The minimum atomic E-state index is -1.01. The number of carbonyl (C=O) groups is 2. The number of hydrogen-bond acceptors (Lipinski definition) is 7. The zero-order valence-corrected chi connectivity index (χ0v) is 19.0. The number of pyridine rings is 1. The molecule has 33 heavy (non-hydrogen) atoms. The van der Waals surface area contributed by atoms with E-state index in [9.17, 15) is 14.7 Å². The van der Waals surface area contributed by atoms with Crippen molar-refractivity contribution in [2.45, 2.75) is 25.9 Å². The second-order valence-corrected chi connectivity index (χ2v) is 8.90. The van der Waals surface area contributed by atoms with Crippen molar-refractivity contribution < 1.29 is 28.6 Å². The molecule has 5 rings (SSSR count). The van der Waals surface area contributed by atoms with Gasteiger partial charge in [-0.2, -0.15) is 0 Å². The first-order valence-electron chi connectivity index (χ1n) is 10.7. The highest BCUT2D eigenvalue weighted by molar-refractivity contribution is 7.21. The van der Waals surface area contributed by atoms with Crippen LogP contribution in [0.15, 0.2) is 40.9 Å². The van der Waals surface area contributed by atoms with Gasteiger partial charge in [0.1, 0.15) is 28.4 Å². The number of rotatable bonds is 6. The molecular weight excluding hydrogens is 444 g/mol. The minimum absolute atomic E-state index is 0.0335. The van der Waals surface area contributed by atoms with Gasteiger partial charge in [-0.25, -0.2) is 4.79 Å². The highest BCUT2D eigenvalue weighted by Gasteiger charge is 2.28. The molecule has 0 aliphatic carbocycles. The maximum atomic E-state index is 13.0. The Morgan fingerprint density at radius 1 is 1.30 bits per heavy atom. The lowest BCUT2D eigenvalue weighted by Crippen LogP contribution is -2.29. The highest BCUT2D eigenvalue weighted by atomic mass is 32.1. The number of fused-ring (bicyclic) bond motifs is 2. The zero-order chi connectivity index (χ0) is 23.1. The molecule has 0 spiro atoms. The van der Waals surface area contributed by atoms with Gasteiger partial charge in [0.05, 0.1) is 21.2 Å². The molecule has 0 bridgehead atoms. The van der Waals surface area contributed by atoms with Crippen molar-refractivity contribution in [2.75, 3.05) is 20.2 Å². The van der Waals surface area contributed by atoms with Crippen LogP contribution in [-0.4, -0.2) is 53.2 Å². The van der Waals surface area contributed by atoms with E-state index in [0.29, 0.717) is 58.1 Å². The summed E-state index contributed by atoms with van der Waals surface area (Å²) in [5.41, 5.74) is 1.32. The van der Waals surface area contributed by atoms with E-state index < -0.39 is 5.97 Å². The lowest BCUT2D eigenvalue weighted by atomic mass is 10.1. The first kappa shape index (κ1) is 21.4. The Labute approximate surface area is 193 Å². The van der Waals surface area contributed by atoms with E-state index in [-0.39, 0.29) is 17.6 Å². The number of amides is 1. The number of likely N-dealkylation sites (tertiary alicyclic amines) is 1. The van der Waals surface area contributed by atoms with Crippen molar-refractivity contribution in [3.8, 4) is 11.5 Å². The van der Waals surface area contributed by atoms with Crippen LogP contribution in [0.25, 0.3) is 21.2 Å². The number of aromatic carboxylic acids is 1. The first-order chi connectivity index (χ1) is 16.0. The fourth-order valence-electron chi connectivity index (χ4n) is 4.16. The van der Waals surface area contributed by atoms with Gasteiger partial charge in [-0.05, 0) is 24.6 Å². The van der Waals surface area contributed by atoms with Crippen LogP contribution in [0.5, 0.6) is 11.5 Å². The average Bonchev–Trinajstić information content (AvgIpc) is 3.54. The first-order valence-corrected chi connectivity index (χ1v) is 11.5. The lowest BCUT2D eigenvalue weighted by Gasteiger charge is -2.14. The number of hydrogen-bond donors (Lipinski definition) is 1. The van der Waals surface area contributed by atoms with Crippen LogP contribution in [0, 0.1) is 0 Å². The van der Waals surface area contributed by atoms with Crippen LogP contribution in [0.1, 0.15) is 39.1 Å². The summed E-state index contributed by atoms with van der Waals surface area (Å²) >= 11 is 1.34. The molecule has 1 N–H and O–H groups in total. The molecule has 1 amide bonds. The largest absolute Gasteiger partial charge is 0.478 e. The van der Waals surface area contributed by atoms with Crippen LogP contribution >= 0.6 is 11.3 Å². The minimum Gasteiger partial charge on any atom is -0.478 e. The van der Waals surface area contributed by atoms with Gasteiger partial charge < -0.3 is 23.9 Å². The van der Waals surface area contributed by atoms with Crippen molar-refractivity contribution in [3.63, 3.8) is 0 Å². The maximum absolute atomic E-state index is 13.0. The summed E-state index contributed by atoms with van der Waals surface area (Å²) in [5.74, 6) is 0.460. The van der Waals surface area contributed by atoms with Crippen LogP contribution in [0.4, 0.5) is 0 Å². The Balaban J connectivity index is 1.45. The predicted molar refractivity (Wildman–Crippen MR) is 124 cm³/mol. The third-order valence-corrected chi connectivity index (χ3v) is 6.98. The van der Waals surface area contributed by atoms with Gasteiger partial charge in [0.2, 0.25) is 0 Å². The van der Waals surface area contributed by atoms with E-state index in [2.05, 4.69) is 4.98 Å². The number of thiophene rings is 1. The third-order valence-electron chi connectivity index (χ3n) is 5.85. The summed E-state index contributed by atoms with van der Waals surface area (Å²) in [7, 11) is 1.66. The normalized spacial score (nSPS) is 16.1. The lowest BCUT2D eigenvalue weighted by molar-refractivity contribution is 0.0694. The molecular formula is C24H22N2O6S. The second-order valence-electron chi connectivity index (χ2n) is 7.85. The molecule has 1 saturated heterocycles. The molecule has 8 nitrogen and oxygen atoms in total. The number of ether oxygens (including phenoxy) is 2. The van der Waals surface area contributed by atoms with E-state index in [1.807, 2.05) is 6.92 Å². The van der Waals surface area contributed by atoms with Gasteiger partial charge in [0.15, 0.2) is 0 Å². The molecule has 4 aromatic rings. The molecule has 1 fully saturated rings. The molecule has 1 unspecified atom stereocenters. The van der Waals surface area contributed by atoms with Crippen molar-refractivity contribution >= 4 is 44.4 Å². The van der Waals surface area contributed by atoms with Gasteiger partial charge in [0.25, 0.3) is 5.91 Å². The summed E-state index contributed by atoms with van der Waals surface area (Å²) in [6.45, 7) is 3.10. The number of carboxylic acid groups (broad SMARTS) is 1. The molecule has 1 atom stereocenters. The van der Waals surface area contributed by atoms with Gasteiger partial charge >= 0.3 is 5.97 Å². The Morgan fingerprint density at radius 3 is 2.88 bits per heavy atom. The number of aryl methyl sites for hydroxylation is 1. The number of benzene rings is 1. The topological polar surface area (TPSA) is 102 Å². The Morgan fingerprint density at radius 2 is 2.15 bits per heavy atom. The molecule has 1 aliphatic heterocycles. The fourth-order valence-corrected chi connectivity index (χ4v) is 5.20. The number of nitrogens with zero attached hydrogens (tertiary/aromatic N) is 2. The van der Waals surface area contributed by atoms with E-state index in [1.165, 1.54) is 11.3 Å². The second kappa shape index (κ2) is 8.49. The van der Waals surface area contributed by atoms with Gasteiger partial charge in [-0.3, -0.25) is 9.78 Å². The van der Waals surface area contributed by atoms with Crippen molar-refractivity contribution in [3.05, 3.63) is 52.7 Å². The van der Waals surface area contributed by atoms with E-state index in [1.54, 1.807) is 48.5 Å². The summed E-state index contributed by atoms with van der Waals surface area (Å²) < 4.78 is 18.0. The van der Waals surface area contributed by atoms with Gasteiger partial charge in [-0.1, -0.05) is 6.92 Å². The Hall–Kier alpha value is -3.43. The van der Waals surface area contributed by atoms with Crippen LogP contribution in [0.2, 0.25) is 0 Å². The summed E-state index contributed by atoms with van der Waals surface area (Å²) in [6.07, 6.45) is 3.02. The third kappa shape index (κ3) is 3.83. The van der Waals surface area contributed by atoms with Crippen LogP contribution in [0.3, 0.4) is 0 Å². The molecule has 0 radical (unpaired) electrons. The van der Waals surface area contributed by atoms with Crippen LogP contribution in [-0.2, 0) is 11.2 Å². The summed E-state index contributed by atoms with van der Waals surface area (Å²) in [5, 5.41) is 10.1. The van der Waals surface area contributed by atoms with Gasteiger partial charge in [0, 0.05) is 50.3 Å². The molecule has 0 saturated carbocycles. The fraction of sp³-hybridized carbons (Fsp3) is 0.292. The monoisotopic (exact) mass is 466 g/mol. The summed E-state index contributed by atoms with van der Waals surface area (Å²) in [4.78, 5) is 31.4. The molecule has 170 valence electrons. The smallest absolute Gasteiger partial charge is 0.339 e. The quantitative estimate of drug-likeness (QED) is 0.429. The average molecular weight is 467 g/mol. The molecule has 9 heteroatoms. The Bertz CT molecular complexity index is 1370. The molecule has 1 aliphatic rings. The zero-order valence-electron chi connectivity index (χ0n) is 18.2. The van der Waals surface area contributed by atoms with E-state index in [4.69, 9.17) is 13.9 Å². The number of carbonyl (C=O) groups excluding carboxylic acids is 1. The number of aromatic nitrogens is 1. The van der Waals surface area contributed by atoms with E-state index >= 15 is 0 Å². The van der Waals surface area contributed by atoms with Gasteiger partial charge in [-0.15, -0.1) is 11.3 Å². The standard InChI is InChI=1S/C24H22N2O6S/c1-3-17-21(24(28)29)15-5-4-13(10-19(15)32-17)31-18-6-8-25-16-11-20(33-22(16)18)23(27)26-9-7-14(12-26)30-2/h4-6,8,10-11,14H,3,7,9,12H2,1-2H3,(H,28,29). The SMILES string of the molecule is CCc1oc2cc(Oc3ccnc4cc(C(=O)N5CCC(OC)C5)sc34)ccc2c1C(=O)O. The number of carboxylic acids is 1. The number of furan rings is 1. The number of methoxy groups -OCH3 is 1. The Kier molecular flexibility index (Phi) is 5.51. The highest BCUT2D eigenvalue weighted by Crippen LogP contribution is 2.37. The molecule has 4 heterocycles. The molecule has 1 aromatic carbocycles.